The summed E-state index contributed by atoms with van der Waals surface area (Å²) in [6, 6.07) is -0.939. The molecule has 1 N–H and O–H groups in total. The molecule has 124 valence electrons. The first-order chi connectivity index (χ1) is 9.32. The fourth-order valence-electron chi connectivity index (χ4n) is 1.34. The average Bonchev–Trinajstić information content (AvgIpc) is 2.20. The number of ether oxygens (including phenoxy) is 2. The molecule has 0 aliphatic carbocycles. The Balaban J connectivity index is 4.44. The van der Waals surface area contributed by atoms with Gasteiger partial charge in [0.15, 0.2) is 0 Å². The molecule has 0 saturated heterocycles. The van der Waals surface area contributed by atoms with Gasteiger partial charge in [-0.05, 0) is 26.7 Å². The van der Waals surface area contributed by atoms with Gasteiger partial charge in [0, 0.05) is 0 Å². The highest BCUT2D eigenvalue weighted by Crippen LogP contribution is 2.14. The Kier molecular flexibility index (Phi) is 7.15. The van der Waals surface area contributed by atoms with Gasteiger partial charge in [0.2, 0.25) is 5.91 Å². The van der Waals surface area contributed by atoms with Crippen LogP contribution in [-0.4, -0.2) is 42.9 Å². The van der Waals surface area contributed by atoms with Gasteiger partial charge < -0.3 is 14.8 Å². The highest BCUT2D eigenvalue weighted by molar-refractivity contribution is 5.85. The number of alkyl halides is 3. The first-order valence-electron chi connectivity index (χ1n) is 6.48. The van der Waals surface area contributed by atoms with E-state index in [9.17, 15) is 22.8 Å². The molecule has 0 aliphatic rings. The summed E-state index contributed by atoms with van der Waals surface area (Å²) in [5, 5.41) is 2.32. The minimum absolute atomic E-state index is 0.272. The second-order valence-electron chi connectivity index (χ2n) is 5.93. The molecular formula is C13H22F3NO4. The monoisotopic (exact) mass is 313 g/mol. The standard InChI is InChI=1S/C13H22F3NO4/c1-8(2)10(11(19)21-12(3,4)5)17-9(18)6-20-7-13(14,15)16/h8,10H,6-7H2,1-5H3,(H,17,18)/t10-/m1/s1. The largest absolute Gasteiger partial charge is 0.458 e. The number of hydrogen-bond donors (Lipinski definition) is 1. The van der Waals surface area contributed by atoms with Crippen molar-refractivity contribution >= 4 is 11.9 Å². The molecule has 0 bridgehead atoms. The smallest absolute Gasteiger partial charge is 0.411 e. The fourth-order valence-corrected chi connectivity index (χ4v) is 1.34. The van der Waals surface area contributed by atoms with E-state index in [1.165, 1.54) is 0 Å². The van der Waals surface area contributed by atoms with Crippen LogP contribution in [0.2, 0.25) is 0 Å². The predicted octanol–water partition coefficient (Wildman–Crippen LogP) is 2.05. The molecule has 8 heteroatoms. The molecule has 0 spiro atoms. The lowest BCUT2D eigenvalue weighted by atomic mass is 10.0. The van der Waals surface area contributed by atoms with Crippen LogP contribution in [0.4, 0.5) is 13.2 Å². The van der Waals surface area contributed by atoms with Crippen LogP contribution < -0.4 is 5.32 Å². The van der Waals surface area contributed by atoms with Crippen molar-refractivity contribution in [1.29, 1.82) is 0 Å². The Morgan fingerprint density at radius 3 is 2.05 bits per heavy atom. The van der Waals surface area contributed by atoms with Crippen molar-refractivity contribution in [3.05, 3.63) is 0 Å². The molecule has 0 heterocycles. The van der Waals surface area contributed by atoms with Crippen molar-refractivity contribution in [2.75, 3.05) is 13.2 Å². The Bertz CT molecular complexity index is 361. The van der Waals surface area contributed by atoms with Crippen LogP contribution >= 0.6 is 0 Å². The van der Waals surface area contributed by atoms with Crippen molar-refractivity contribution in [1.82, 2.24) is 5.32 Å². The molecule has 0 fully saturated rings. The lowest BCUT2D eigenvalue weighted by Gasteiger charge is -2.26. The second-order valence-corrected chi connectivity index (χ2v) is 5.93. The average molecular weight is 313 g/mol. The number of carbonyl (C=O) groups is 2. The predicted molar refractivity (Wildman–Crippen MR) is 69.5 cm³/mol. The molecule has 0 saturated carbocycles. The number of amides is 1. The van der Waals surface area contributed by atoms with Crippen LogP contribution in [0.5, 0.6) is 0 Å². The molecular weight excluding hydrogens is 291 g/mol. The van der Waals surface area contributed by atoms with E-state index >= 15 is 0 Å². The summed E-state index contributed by atoms with van der Waals surface area (Å²) in [4.78, 5) is 23.4. The third-order valence-electron chi connectivity index (χ3n) is 2.14. The summed E-state index contributed by atoms with van der Waals surface area (Å²) in [6.45, 7) is 6.12. The van der Waals surface area contributed by atoms with Crippen molar-refractivity contribution in [2.45, 2.75) is 52.4 Å². The van der Waals surface area contributed by atoms with Crippen LogP contribution in [0.1, 0.15) is 34.6 Å². The minimum atomic E-state index is -4.50. The third kappa shape index (κ3) is 10.1. The quantitative estimate of drug-likeness (QED) is 0.762. The number of nitrogens with one attached hydrogen (secondary N) is 1. The number of esters is 1. The van der Waals surface area contributed by atoms with Crippen molar-refractivity contribution in [3.63, 3.8) is 0 Å². The first-order valence-corrected chi connectivity index (χ1v) is 6.48. The number of halogens is 3. The van der Waals surface area contributed by atoms with E-state index in [-0.39, 0.29) is 5.92 Å². The lowest BCUT2D eigenvalue weighted by Crippen LogP contribution is -2.48. The van der Waals surface area contributed by atoms with Gasteiger partial charge in [-0.2, -0.15) is 13.2 Å². The van der Waals surface area contributed by atoms with E-state index in [0.29, 0.717) is 0 Å². The van der Waals surface area contributed by atoms with Gasteiger partial charge in [0.1, 0.15) is 24.9 Å². The molecule has 0 rings (SSSR count). The molecule has 0 unspecified atom stereocenters. The molecule has 0 aromatic rings. The van der Waals surface area contributed by atoms with Gasteiger partial charge >= 0.3 is 12.1 Å². The SMILES string of the molecule is CC(C)[C@@H](NC(=O)COCC(F)(F)F)C(=O)OC(C)(C)C. The molecule has 5 nitrogen and oxygen atoms in total. The molecule has 0 radical (unpaired) electrons. The maximum absolute atomic E-state index is 11.9. The Morgan fingerprint density at radius 2 is 1.67 bits per heavy atom. The van der Waals surface area contributed by atoms with E-state index in [0.717, 1.165) is 0 Å². The van der Waals surface area contributed by atoms with Crippen molar-refractivity contribution in [3.8, 4) is 0 Å². The summed E-state index contributed by atoms with van der Waals surface area (Å²) >= 11 is 0. The Labute approximate surface area is 122 Å². The summed E-state index contributed by atoms with van der Waals surface area (Å²) in [5.74, 6) is -1.71. The van der Waals surface area contributed by atoms with E-state index in [1.54, 1.807) is 34.6 Å². The highest BCUT2D eigenvalue weighted by Gasteiger charge is 2.30. The van der Waals surface area contributed by atoms with Crippen molar-refractivity contribution < 1.29 is 32.2 Å². The lowest BCUT2D eigenvalue weighted by molar-refractivity contribution is -0.176. The Hall–Kier alpha value is -1.31. The molecule has 0 aliphatic heterocycles. The molecule has 1 amide bonds. The summed E-state index contributed by atoms with van der Waals surface area (Å²) < 4.78 is 45.0. The molecule has 1 atom stereocenters. The van der Waals surface area contributed by atoms with Gasteiger partial charge in [-0.1, -0.05) is 13.8 Å². The maximum atomic E-state index is 11.9. The van der Waals surface area contributed by atoms with E-state index in [1.807, 2.05) is 0 Å². The zero-order valence-electron chi connectivity index (χ0n) is 12.8. The summed E-state index contributed by atoms with van der Waals surface area (Å²) in [5.41, 5.74) is -0.721. The van der Waals surface area contributed by atoms with Crippen LogP contribution in [0, 0.1) is 5.92 Å². The topological polar surface area (TPSA) is 64.6 Å². The normalized spacial score (nSPS) is 14.0. The van der Waals surface area contributed by atoms with Crippen LogP contribution in [0.3, 0.4) is 0 Å². The van der Waals surface area contributed by atoms with Crippen molar-refractivity contribution in [2.24, 2.45) is 5.92 Å². The number of hydrogen-bond acceptors (Lipinski definition) is 4. The summed E-state index contributed by atoms with van der Waals surface area (Å²) in [7, 11) is 0. The fraction of sp³-hybridized carbons (Fsp3) is 0.846. The second kappa shape index (κ2) is 7.63. The van der Waals surface area contributed by atoms with E-state index in [2.05, 4.69) is 10.1 Å². The number of carbonyl (C=O) groups excluding carboxylic acids is 2. The van der Waals surface area contributed by atoms with Crippen LogP contribution in [-0.2, 0) is 19.1 Å². The third-order valence-corrected chi connectivity index (χ3v) is 2.14. The van der Waals surface area contributed by atoms with Crippen LogP contribution in [0.25, 0.3) is 0 Å². The molecule has 21 heavy (non-hydrogen) atoms. The van der Waals surface area contributed by atoms with Gasteiger partial charge in [0.25, 0.3) is 0 Å². The zero-order chi connectivity index (χ0) is 16.8. The van der Waals surface area contributed by atoms with Gasteiger partial charge in [0.05, 0.1) is 0 Å². The Morgan fingerprint density at radius 1 is 1.14 bits per heavy atom. The number of rotatable bonds is 6. The highest BCUT2D eigenvalue weighted by atomic mass is 19.4. The summed E-state index contributed by atoms with van der Waals surface area (Å²) in [6.07, 6.45) is -4.50. The minimum Gasteiger partial charge on any atom is -0.458 e. The van der Waals surface area contributed by atoms with E-state index in [4.69, 9.17) is 4.74 Å². The van der Waals surface area contributed by atoms with Crippen LogP contribution in [0.15, 0.2) is 0 Å². The van der Waals surface area contributed by atoms with Gasteiger partial charge in [-0.25, -0.2) is 4.79 Å². The molecule has 0 aromatic heterocycles. The zero-order valence-corrected chi connectivity index (χ0v) is 12.8. The first kappa shape index (κ1) is 19.7. The maximum Gasteiger partial charge on any atom is 0.411 e. The van der Waals surface area contributed by atoms with Gasteiger partial charge in [-0.15, -0.1) is 0 Å². The van der Waals surface area contributed by atoms with Gasteiger partial charge in [-0.3, -0.25) is 4.79 Å². The molecule has 0 aromatic carbocycles. The van der Waals surface area contributed by atoms with E-state index < -0.39 is 42.9 Å².